The summed E-state index contributed by atoms with van der Waals surface area (Å²) in [4.78, 5) is 12.1. The van der Waals surface area contributed by atoms with E-state index in [0.717, 1.165) is 20.0 Å². The fraction of sp³-hybridized carbons (Fsp3) is 0.267. The van der Waals surface area contributed by atoms with Crippen molar-refractivity contribution in [3.05, 3.63) is 42.2 Å². The lowest BCUT2D eigenvalue weighted by Crippen LogP contribution is -2.22. The standard InChI is InChI=1S/C15H16FN3OS3/c1-9(2)8-21-14-18-19-15(23-14)22-10(3)13(20)17-12-6-4-11(16)5-7-12/h4-7,10H,1,8H2,2-3H3,(H,17,20)/t10-/m0/s1. The molecule has 2 rings (SSSR count). The lowest BCUT2D eigenvalue weighted by molar-refractivity contribution is -0.115. The second-order valence-corrected chi connectivity index (χ2v) is 8.62. The zero-order chi connectivity index (χ0) is 16.8. The van der Waals surface area contributed by atoms with Gasteiger partial charge in [-0.1, -0.05) is 47.0 Å². The van der Waals surface area contributed by atoms with Gasteiger partial charge in [-0.15, -0.1) is 10.2 Å². The van der Waals surface area contributed by atoms with E-state index in [9.17, 15) is 9.18 Å². The Morgan fingerprint density at radius 3 is 2.65 bits per heavy atom. The van der Waals surface area contributed by atoms with Crippen molar-refractivity contribution in [2.45, 2.75) is 27.8 Å². The molecule has 2 aromatic rings. The molecule has 1 N–H and O–H groups in total. The molecule has 8 heteroatoms. The van der Waals surface area contributed by atoms with Crippen LogP contribution in [0.15, 0.2) is 45.1 Å². The molecule has 122 valence electrons. The number of benzene rings is 1. The number of nitrogens with one attached hydrogen (secondary N) is 1. The molecule has 1 aromatic carbocycles. The first-order chi connectivity index (χ1) is 10.9. The van der Waals surface area contributed by atoms with Crippen LogP contribution in [0, 0.1) is 5.82 Å². The van der Waals surface area contributed by atoms with E-state index >= 15 is 0 Å². The summed E-state index contributed by atoms with van der Waals surface area (Å²) in [6, 6.07) is 5.68. The third-order valence-corrected chi connectivity index (χ3v) is 6.06. The van der Waals surface area contributed by atoms with Crippen molar-refractivity contribution in [1.82, 2.24) is 10.2 Å². The van der Waals surface area contributed by atoms with Crippen molar-refractivity contribution >= 4 is 46.5 Å². The van der Waals surface area contributed by atoms with Crippen LogP contribution in [0.5, 0.6) is 0 Å². The van der Waals surface area contributed by atoms with Crippen LogP contribution in [-0.4, -0.2) is 27.1 Å². The predicted octanol–water partition coefficient (Wildman–Crippen LogP) is 4.46. The van der Waals surface area contributed by atoms with Crippen LogP contribution in [0.4, 0.5) is 10.1 Å². The van der Waals surface area contributed by atoms with Crippen molar-refractivity contribution < 1.29 is 9.18 Å². The molecule has 1 aromatic heterocycles. The Labute approximate surface area is 147 Å². The van der Waals surface area contributed by atoms with Gasteiger partial charge in [0.2, 0.25) is 5.91 Å². The van der Waals surface area contributed by atoms with E-state index in [0.29, 0.717) is 5.69 Å². The number of carbonyl (C=O) groups excluding carboxylic acids is 1. The maximum absolute atomic E-state index is 12.8. The summed E-state index contributed by atoms with van der Waals surface area (Å²) in [5, 5.41) is 10.6. The van der Waals surface area contributed by atoms with Gasteiger partial charge in [0.15, 0.2) is 8.68 Å². The van der Waals surface area contributed by atoms with Crippen LogP contribution in [0.2, 0.25) is 0 Å². The van der Waals surface area contributed by atoms with E-state index in [1.54, 1.807) is 18.7 Å². The van der Waals surface area contributed by atoms with Gasteiger partial charge in [-0.3, -0.25) is 4.79 Å². The Morgan fingerprint density at radius 1 is 1.35 bits per heavy atom. The molecular weight excluding hydrogens is 353 g/mol. The largest absolute Gasteiger partial charge is 0.325 e. The molecule has 0 radical (unpaired) electrons. The summed E-state index contributed by atoms with van der Waals surface area (Å²) in [5.74, 6) is 0.312. The topological polar surface area (TPSA) is 54.9 Å². The normalized spacial score (nSPS) is 12.0. The molecule has 0 aliphatic carbocycles. The van der Waals surface area contributed by atoms with Gasteiger partial charge in [-0.25, -0.2) is 4.39 Å². The number of thioether (sulfide) groups is 2. The minimum atomic E-state index is -0.334. The third kappa shape index (κ3) is 5.96. The van der Waals surface area contributed by atoms with E-state index in [-0.39, 0.29) is 17.0 Å². The van der Waals surface area contributed by atoms with Crippen molar-refractivity contribution in [1.29, 1.82) is 0 Å². The number of hydrogen-bond donors (Lipinski definition) is 1. The van der Waals surface area contributed by atoms with Gasteiger partial charge in [-0.2, -0.15) is 0 Å². The Hall–Kier alpha value is -1.38. The second-order valence-electron chi connectivity index (χ2n) is 4.84. The fourth-order valence-corrected chi connectivity index (χ4v) is 4.48. The van der Waals surface area contributed by atoms with Crippen molar-refractivity contribution in [2.24, 2.45) is 0 Å². The number of rotatable bonds is 7. The molecule has 23 heavy (non-hydrogen) atoms. The third-order valence-electron chi connectivity index (χ3n) is 2.59. The first-order valence-corrected chi connectivity index (χ1v) is 9.46. The Morgan fingerprint density at radius 2 is 2.00 bits per heavy atom. The summed E-state index contributed by atoms with van der Waals surface area (Å²) in [7, 11) is 0. The lowest BCUT2D eigenvalue weighted by atomic mass is 10.3. The van der Waals surface area contributed by atoms with Gasteiger partial charge >= 0.3 is 0 Å². The quantitative estimate of drug-likeness (QED) is 0.577. The van der Waals surface area contributed by atoms with Crippen LogP contribution in [0.3, 0.4) is 0 Å². The number of nitrogens with zero attached hydrogens (tertiary/aromatic N) is 2. The van der Waals surface area contributed by atoms with Crippen LogP contribution < -0.4 is 5.32 Å². The SMILES string of the molecule is C=C(C)CSc1nnc(S[C@@H](C)C(=O)Nc2ccc(F)cc2)s1. The van der Waals surface area contributed by atoms with E-state index in [1.807, 2.05) is 6.92 Å². The van der Waals surface area contributed by atoms with Gasteiger partial charge in [0.25, 0.3) is 0 Å². The Kier molecular flexibility index (Phi) is 6.61. The molecule has 0 unspecified atom stereocenters. The molecule has 1 atom stereocenters. The first-order valence-electron chi connectivity index (χ1n) is 6.78. The lowest BCUT2D eigenvalue weighted by Gasteiger charge is -2.10. The van der Waals surface area contributed by atoms with Crippen LogP contribution in [-0.2, 0) is 4.79 Å². The summed E-state index contributed by atoms with van der Waals surface area (Å²) >= 11 is 4.40. The van der Waals surface area contributed by atoms with E-state index in [1.165, 1.54) is 47.4 Å². The van der Waals surface area contributed by atoms with Gasteiger partial charge in [0.05, 0.1) is 5.25 Å². The molecule has 1 amide bonds. The van der Waals surface area contributed by atoms with Crippen LogP contribution in [0.1, 0.15) is 13.8 Å². The Balaban J connectivity index is 1.88. The highest BCUT2D eigenvalue weighted by molar-refractivity contribution is 8.04. The molecule has 0 saturated carbocycles. The molecule has 0 saturated heterocycles. The molecule has 0 fully saturated rings. The van der Waals surface area contributed by atoms with Crippen LogP contribution >= 0.6 is 34.9 Å². The van der Waals surface area contributed by atoms with Gasteiger partial charge in [0, 0.05) is 11.4 Å². The summed E-state index contributed by atoms with van der Waals surface area (Å²) in [5.41, 5.74) is 1.64. The zero-order valence-electron chi connectivity index (χ0n) is 12.7. The molecular formula is C15H16FN3OS3. The molecule has 4 nitrogen and oxygen atoms in total. The van der Waals surface area contributed by atoms with E-state index in [4.69, 9.17) is 0 Å². The molecule has 0 aliphatic heterocycles. The fourth-order valence-electron chi connectivity index (χ4n) is 1.47. The maximum Gasteiger partial charge on any atom is 0.237 e. The zero-order valence-corrected chi connectivity index (χ0v) is 15.2. The number of halogens is 1. The average molecular weight is 370 g/mol. The first kappa shape index (κ1) is 18.0. The highest BCUT2D eigenvalue weighted by Gasteiger charge is 2.17. The molecule has 0 bridgehead atoms. The number of hydrogen-bond acceptors (Lipinski definition) is 6. The van der Waals surface area contributed by atoms with Crippen molar-refractivity contribution in [3.63, 3.8) is 0 Å². The van der Waals surface area contributed by atoms with Gasteiger partial charge in [0.1, 0.15) is 5.82 Å². The average Bonchev–Trinajstić information content (AvgIpc) is 2.95. The molecule has 0 spiro atoms. The predicted molar refractivity (Wildman–Crippen MR) is 95.8 cm³/mol. The second kappa shape index (κ2) is 8.47. The van der Waals surface area contributed by atoms with Gasteiger partial charge < -0.3 is 5.32 Å². The van der Waals surface area contributed by atoms with E-state index < -0.39 is 0 Å². The molecule has 0 aliphatic rings. The minimum Gasteiger partial charge on any atom is -0.325 e. The van der Waals surface area contributed by atoms with Gasteiger partial charge in [-0.05, 0) is 38.1 Å². The highest BCUT2D eigenvalue weighted by atomic mass is 32.2. The number of aromatic nitrogens is 2. The van der Waals surface area contributed by atoms with Crippen molar-refractivity contribution in [3.8, 4) is 0 Å². The molecule has 1 heterocycles. The monoisotopic (exact) mass is 369 g/mol. The smallest absolute Gasteiger partial charge is 0.237 e. The van der Waals surface area contributed by atoms with E-state index in [2.05, 4.69) is 22.1 Å². The maximum atomic E-state index is 12.8. The number of anilines is 1. The minimum absolute atomic E-state index is 0.159. The van der Waals surface area contributed by atoms with Crippen molar-refractivity contribution in [2.75, 3.05) is 11.1 Å². The number of amides is 1. The number of carbonyl (C=O) groups is 1. The highest BCUT2D eigenvalue weighted by Crippen LogP contribution is 2.32. The van der Waals surface area contributed by atoms with Crippen LogP contribution in [0.25, 0.3) is 0 Å². The summed E-state index contributed by atoms with van der Waals surface area (Å²) in [6.45, 7) is 7.61. The Bertz CT molecular complexity index is 688. The summed E-state index contributed by atoms with van der Waals surface area (Å²) < 4.78 is 14.5. The summed E-state index contributed by atoms with van der Waals surface area (Å²) in [6.07, 6.45) is 0.